The predicted molar refractivity (Wildman–Crippen MR) is 125 cm³/mol. The van der Waals surface area contributed by atoms with E-state index in [1.54, 1.807) is 18.2 Å². The molecule has 3 aromatic rings. The molecule has 1 amide bonds. The van der Waals surface area contributed by atoms with Gasteiger partial charge in [-0.1, -0.05) is 29.8 Å². The molecule has 9 nitrogen and oxygen atoms in total. The quantitative estimate of drug-likeness (QED) is 0.220. The van der Waals surface area contributed by atoms with Crippen LogP contribution in [0.4, 0.5) is 5.82 Å². The van der Waals surface area contributed by atoms with Crippen LogP contribution in [0.2, 0.25) is 5.02 Å². The van der Waals surface area contributed by atoms with Gasteiger partial charge in [0, 0.05) is 23.0 Å². The highest BCUT2D eigenvalue weighted by Gasteiger charge is 2.17. The van der Waals surface area contributed by atoms with E-state index in [1.807, 2.05) is 18.2 Å². The van der Waals surface area contributed by atoms with Crippen molar-refractivity contribution in [3.8, 4) is 11.5 Å². The molecule has 0 aliphatic rings. The van der Waals surface area contributed by atoms with Gasteiger partial charge < -0.3 is 14.8 Å². The summed E-state index contributed by atoms with van der Waals surface area (Å²) in [4.78, 5) is 12.2. The zero-order valence-electron chi connectivity index (χ0n) is 16.8. The van der Waals surface area contributed by atoms with E-state index in [1.165, 1.54) is 13.3 Å². The first kappa shape index (κ1) is 23.8. The Hall–Kier alpha value is -2.82. The van der Waals surface area contributed by atoms with Crippen LogP contribution in [-0.4, -0.2) is 42.0 Å². The number of benzene rings is 2. The molecule has 1 aromatic heterocycles. The van der Waals surface area contributed by atoms with Crippen LogP contribution >= 0.6 is 39.1 Å². The molecule has 32 heavy (non-hydrogen) atoms. The summed E-state index contributed by atoms with van der Waals surface area (Å²) in [6, 6.07) is 10.9. The second-order valence-electron chi connectivity index (χ2n) is 6.19. The molecule has 1 heterocycles. The molecule has 12 heteroatoms. The van der Waals surface area contributed by atoms with Crippen molar-refractivity contribution < 1.29 is 18.9 Å². The average molecular weight is 543 g/mol. The maximum absolute atomic E-state index is 12.2. The van der Waals surface area contributed by atoms with E-state index in [2.05, 4.69) is 46.7 Å². The van der Waals surface area contributed by atoms with Crippen LogP contribution in [0.3, 0.4) is 0 Å². The number of alkyl halides is 1. The third kappa shape index (κ3) is 6.12. The van der Waals surface area contributed by atoms with Crippen LogP contribution in [0.15, 0.2) is 50.6 Å². The normalized spacial score (nSPS) is 10.9. The number of aromatic nitrogens is 2. The fraction of sp³-hybridized carbons (Fsp3) is 0.200. The van der Waals surface area contributed by atoms with Gasteiger partial charge >= 0.3 is 0 Å². The Morgan fingerprint density at radius 2 is 2.12 bits per heavy atom. The number of rotatable bonds is 10. The van der Waals surface area contributed by atoms with Crippen LogP contribution < -0.4 is 20.2 Å². The molecule has 2 aromatic carbocycles. The summed E-state index contributed by atoms with van der Waals surface area (Å²) in [5.41, 5.74) is 3.83. The van der Waals surface area contributed by atoms with Gasteiger partial charge in [0.05, 0.1) is 17.8 Å². The Kier molecular flexibility index (Phi) is 8.72. The fourth-order valence-corrected chi connectivity index (χ4v) is 3.42. The van der Waals surface area contributed by atoms with Gasteiger partial charge in [0.25, 0.3) is 5.91 Å². The monoisotopic (exact) mass is 541 g/mol. The van der Waals surface area contributed by atoms with Gasteiger partial charge in [-0.25, -0.2) is 10.1 Å². The number of methoxy groups -OCH3 is 1. The van der Waals surface area contributed by atoms with Crippen molar-refractivity contribution in [2.24, 2.45) is 5.10 Å². The van der Waals surface area contributed by atoms with E-state index in [9.17, 15) is 4.79 Å². The summed E-state index contributed by atoms with van der Waals surface area (Å²) in [5.74, 6) is 0.916. The van der Waals surface area contributed by atoms with Crippen LogP contribution in [0.1, 0.15) is 21.6 Å². The van der Waals surface area contributed by atoms with E-state index in [-0.39, 0.29) is 18.1 Å². The molecule has 0 saturated carbocycles. The van der Waals surface area contributed by atoms with Crippen LogP contribution in [0.25, 0.3) is 0 Å². The molecule has 3 rings (SSSR count). The highest BCUT2D eigenvalue weighted by atomic mass is 79.9. The smallest absolute Gasteiger partial charge is 0.297 e. The summed E-state index contributed by atoms with van der Waals surface area (Å²) in [5, 5.41) is 14.6. The second-order valence-corrected chi connectivity index (χ2v) is 7.83. The van der Waals surface area contributed by atoms with Crippen LogP contribution in [-0.2, 0) is 6.61 Å². The Labute approximate surface area is 202 Å². The second kappa shape index (κ2) is 11.7. The van der Waals surface area contributed by atoms with Gasteiger partial charge in [0.2, 0.25) is 11.5 Å². The molecule has 0 bridgehead atoms. The lowest BCUT2D eigenvalue weighted by molar-refractivity contribution is 0.0946. The van der Waals surface area contributed by atoms with E-state index in [0.717, 1.165) is 5.56 Å². The lowest BCUT2D eigenvalue weighted by Crippen LogP contribution is -2.20. The van der Waals surface area contributed by atoms with E-state index in [4.69, 9.17) is 32.7 Å². The number of ether oxygens (including phenoxy) is 2. The Balaban J connectivity index is 1.68. The van der Waals surface area contributed by atoms with E-state index < -0.39 is 5.91 Å². The molecule has 0 radical (unpaired) electrons. The molecular weight excluding hydrogens is 525 g/mol. The van der Waals surface area contributed by atoms with Crippen molar-refractivity contribution in [3.05, 3.63) is 62.7 Å². The zero-order chi connectivity index (χ0) is 22.9. The van der Waals surface area contributed by atoms with Gasteiger partial charge in [-0.05, 0) is 50.0 Å². The molecule has 0 saturated heterocycles. The fourth-order valence-electron chi connectivity index (χ4n) is 2.56. The van der Waals surface area contributed by atoms with Crippen molar-refractivity contribution in [1.82, 2.24) is 15.7 Å². The summed E-state index contributed by atoms with van der Waals surface area (Å²) in [6.07, 6.45) is 1.45. The number of carbonyl (C=O) groups is 1. The standard InChI is InChI=1S/C20H18BrCl2N5O4/c1-30-16-9-12(8-14(21)18(16)31-11-13-4-2-3-5-15(13)23)10-25-26-20(29)17-19(24-7-6-22)28-32-27-17/h2-5,8-10H,6-7,11H2,1H3,(H,24,28)(H,26,29). The minimum atomic E-state index is -0.592. The lowest BCUT2D eigenvalue weighted by Gasteiger charge is -2.14. The topological polar surface area (TPSA) is 111 Å². The van der Waals surface area contributed by atoms with Crippen LogP contribution in [0, 0.1) is 0 Å². The van der Waals surface area contributed by atoms with Crippen molar-refractivity contribution in [1.29, 1.82) is 0 Å². The molecule has 0 aliphatic heterocycles. The number of halogens is 3. The zero-order valence-corrected chi connectivity index (χ0v) is 19.9. The van der Waals surface area contributed by atoms with Gasteiger partial charge in [-0.2, -0.15) is 5.10 Å². The molecule has 0 spiro atoms. The highest BCUT2D eigenvalue weighted by molar-refractivity contribution is 9.10. The number of nitrogens with one attached hydrogen (secondary N) is 2. The summed E-state index contributed by atoms with van der Waals surface area (Å²) in [7, 11) is 1.53. The van der Waals surface area contributed by atoms with Crippen LogP contribution in [0.5, 0.6) is 11.5 Å². The van der Waals surface area contributed by atoms with Crippen molar-refractivity contribution in [2.75, 3.05) is 24.9 Å². The number of anilines is 1. The summed E-state index contributed by atoms with van der Waals surface area (Å²) < 4.78 is 16.6. The third-order valence-electron chi connectivity index (χ3n) is 4.05. The number of carbonyl (C=O) groups excluding carboxylic acids is 1. The number of hydrazone groups is 1. The highest BCUT2D eigenvalue weighted by Crippen LogP contribution is 2.37. The number of hydrogen-bond donors (Lipinski definition) is 2. The van der Waals surface area contributed by atoms with Gasteiger partial charge in [-0.15, -0.1) is 11.6 Å². The number of nitrogens with zero attached hydrogens (tertiary/aromatic N) is 3. The lowest BCUT2D eigenvalue weighted by atomic mass is 10.2. The van der Waals surface area contributed by atoms with Gasteiger partial charge in [0.15, 0.2) is 11.5 Å². The molecule has 2 N–H and O–H groups in total. The molecule has 0 unspecified atom stereocenters. The summed E-state index contributed by atoms with van der Waals surface area (Å²) >= 11 is 15.3. The minimum Gasteiger partial charge on any atom is -0.493 e. The average Bonchev–Trinajstić information content (AvgIpc) is 3.26. The minimum absolute atomic E-state index is 0.0330. The SMILES string of the molecule is COc1cc(C=NNC(=O)c2nonc2NCCCl)cc(Br)c1OCc1ccccc1Cl. The number of hydrogen-bond acceptors (Lipinski definition) is 8. The number of amides is 1. The van der Waals surface area contributed by atoms with Gasteiger partial charge in [-0.3, -0.25) is 4.79 Å². The molecular formula is C20H18BrCl2N5O4. The maximum atomic E-state index is 12.2. The Bertz CT molecular complexity index is 1110. The Morgan fingerprint density at radius 1 is 1.31 bits per heavy atom. The summed E-state index contributed by atoms with van der Waals surface area (Å²) in [6.45, 7) is 0.669. The third-order valence-corrected chi connectivity index (χ3v) is 5.20. The molecule has 0 atom stereocenters. The van der Waals surface area contributed by atoms with Crippen molar-refractivity contribution in [3.63, 3.8) is 0 Å². The first-order chi connectivity index (χ1) is 15.5. The molecule has 0 fully saturated rings. The van der Waals surface area contributed by atoms with E-state index in [0.29, 0.717) is 39.0 Å². The predicted octanol–water partition coefficient (Wildman–Crippen LogP) is 4.49. The molecule has 0 aliphatic carbocycles. The molecule has 168 valence electrons. The first-order valence-corrected chi connectivity index (χ1v) is 10.9. The van der Waals surface area contributed by atoms with Crippen molar-refractivity contribution >= 4 is 57.1 Å². The maximum Gasteiger partial charge on any atom is 0.297 e. The van der Waals surface area contributed by atoms with Gasteiger partial charge in [0.1, 0.15) is 6.61 Å². The largest absolute Gasteiger partial charge is 0.493 e. The van der Waals surface area contributed by atoms with E-state index >= 15 is 0 Å². The Morgan fingerprint density at radius 3 is 2.88 bits per heavy atom. The first-order valence-electron chi connectivity index (χ1n) is 9.23. The van der Waals surface area contributed by atoms with Crippen molar-refractivity contribution in [2.45, 2.75) is 6.61 Å².